The van der Waals surface area contributed by atoms with Gasteiger partial charge in [-0.15, -0.1) is 0 Å². The smallest absolute Gasteiger partial charge is 0.142 e. The fraction of sp³-hybridized carbons (Fsp3) is 0.647. The highest BCUT2D eigenvalue weighted by Gasteiger charge is 2.25. The molecule has 4 nitrogen and oxygen atoms in total. The predicted octanol–water partition coefficient (Wildman–Crippen LogP) is 2.06. The van der Waals surface area contributed by atoms with E-state index in [1.54, 1.807) is 7.11 Å². The van der Waals surface area contributed by atoms with Crippen LogP contribution in [-0.2, 0) is 0 Å². The minimum absolute atomic E-state index is 0.321. The molecule has 1 aliphatic rings. The molecule has 1 aromatic carbocycles. The Morgan fingerprint density at radius 3 is 2.43 bits per heavy atom. The van der Waals surface area contributed by atoms with Gasteiger partial charge in [-0.2, -0.15) is 0 Å². The molecule has 1 aliphatic heterocycles. The van der Waals surface area contributed by atoms with Crippen LogP contribution in [-0.4, -0.2) is 58.3 Å². The van der Waals surface area contributed by atoms with Gasteiger partial charge in [-0.25, -0.2) is 0 Å². The van der Waals surface area contributed by atoms with Gasteiger partial charge in [-0.3, -0.25) is 4.90 Å². The monoisotopic (exact) mass is 291 g/mol. The molecule has 0 unspecified atom stereocenters. The van der Waals surface area contributed by atoms with Crippen LogP contribution in [0.15, 0.2) is 24.3 Å². The molecule has 1 saturated heterocycles. The van der Waals surface area contributed by atoms with Gasteiger partial charge in [0.15, 0.2) is 0 Å². The van der Waals surface area contributed by atoms with Crippen molar-refractivity contribution in [3.05, 3.63) is 24.3 Å². The molecular formula is C17H29N3O. The SMILES string of the molecule is CNCC(C)(C)CN1CCN(c2ccccc2OC)CC1. The van der Waals surface area contributed by atoms with Crippen molar-refractivity contribution in [3.63, 3.8) is 0 Å². The fourth-order valence-corrected chi connectivity index (χ4v) is 3.18. The predicted molar refractivity (Wildman–Crippen MR) is 89.4 cm³/mol. The topological polar surface area (TPSA) is 27.7 Å². The van der Waals surface area contributed by atoms with E-state index in [0.29, 0.717) is 5.41 Å². The van der Waals surface area contributed by atoms with Crippen molar-refractivity contribution >= 4 is 5.69 Å². The molecule has 0 atom stereocenters. The molecule has 21 heavy (non-hydrogen) atoms. The van der Waals surface area contributed by atoms with E-state index in [0.717, 1.165) is 45.0 Å². The number of hydrogen-bond acceptors (Lipinski definition) is 4. The van der Waals surface area contributed by atoms with Crippen molar-refractivity contribution in [3.8, 4) is 5.75 Å². The molecule has 0 bridgehead atoms. The first-order valence-electron chi connectivity index (χ1n) is 7.81. The second kappa shape index (κ2) is 7.14. The molecule has 118 valence electrons. The number of hydrogen-bond donors (Lipinski definition) is 1. The molecule has 0 aromatic heterocycles. The largest absolute Gasteiger partial charge is 0.495 e. The van der Waals surface area contributed by atoms with Crippen molar-refractivity contribution < 1.29 is 4.74 Å². The number of nitrogens with zero attached hydrogens (tertiary/aromatic N) is 2. The van der Waals surface area contributed by atoms with E-state index in [1.165, 1.54) is 5.69 Å². The van der Waals surface area contributed by atoms with Crippen molar-refractivity contribution in [2.75, 3.05) is 58.3 Å². The standard InChI is InChI=1S/C17H29N3O/c1-17(2,13-18-3)14-19-9-11-20(12-10-19)15-7-5-6-8-16(15)21-4/h5-8,18H,9-14H2,1-4H3. The molecule has 0 amide bonds. The molecule has 1 heterocycles. The van der Waals surface area contributed by atoms with Crippen LogP contribution >= 0.6 is 0 Å². The number of anilines is 1. The quantitative estimate of drug-likeness (QED) is 0.868. The molecule has 1 aromatic rings. The van der Waals surface area contributed by atoms with Gasteiger partial charge >= 0.3 is 0 Å². The van der Waals surface area contributed by atoms with Gasteiger partial charge in [0.1, 0.15) is 5.75 Å². The summed E-state index contributed by atoms with van der Waals surface area (Å²) in [6.07, 6.45) is 0. The van der Waals surface area contributed by atoms with Gasteiger partial charge in [0.25, 0.3) is 0 Å². The van der Waals surface area contributed by atoms with Gasteiger partial charge in [-0.05, 0) is 24.6 Å². The third-order valence-corrected chi connectivity index (χ3v) is 4.11. The molecule has 0 radical (unpaired) electrons. The van der Waals surface area contributed by atoms with Crippen LogP contribution < -0.4 is 15.0 Å². The van der Waals surface area contributed by atoms with Crippen molar-refractivity contribution in [2.45, 2.75) is 13.8 Å². The average molecular weight is 291 g/mol. The number of methoxy groups -OCH3 is 1. The highest BCUT2D eigenvalue weighted by atomic mass is 16.5. The van der Waals surface area contributed by atoms with E-state index < -0.39 is 0 Å². The zero-order valence-electron chi connectivity index (χ0n) is 13.9. The molecule has 1 N–H and O–H groups in total. The Hall–Kier alpha value is -1.26. The third kappa shape index (κ3) is 4.35. The van der Waals surface area contributed by atoms with E-state index in [9.17, 15) is 0 Å². The van der Waals surface area contributed by atoms with Crippen LogP contribution in [0, 0.1) is 5.41 Å². The van der Waals surface area contributed by atoms with Gasteiger partial charge < -0.3 is 15.0 Å². The fourth-order valence-electron chi connectivity index (χ4n) is 3.18. The Bertz CT molecular complexity index is 439. The number of nitrogens with one attached hydrogen (secondary N) is 1. The van der Waals surface area contributed by atoms with Crippen LogP contribution in [0.25, 0.3) is 0 Å². The van der Waals surface area contributed by atoms with Crippen LogP contribution in [0.1, 0.15) is 13.8 Å². The first kappa shape index (κ1) is 16.1. The summed E-state index contributed by atoms with van der Waals surface area (Å²) >= 11 is 0. The number of ether oxygens (including phenoxy) is 1. The van der Waals surface area contributed by atoms with E-state index >= 15 is 0 Å². The normalized spacial score (nSPS) is 17.0. The summed E-state index contributed by atoms with van der Waals surface area (Å²) in [5, 5.41) is 3.29. The highest BCUT2D eigenvalue weighted by Crippen LogP contribution is 2.28. The summed E-state index contributed by atoms with van der Waals surface area (Å²) in [7, 11) is 3.77. The number of rotatable bonds is 6. The lowest BCUT2D eigenvalue weighted by Crippen LogP contribution is -2.50. The summed E-state index contributed by atoms with van der Waals surface area (Å²) in [5.41, 5.74) is 1.54. The minimum Gasteiger partial charge on any atom is -0.495 e. The summed E-state index contributed by atoms with van der Waals surface area (Å²) < 4.78 is 5.47. The first-order chi connectivity index (χ1) is 10.1. The highest BCUT2D eigenvalue weighted by molar-refractivity contribution is 5.58. The maximum Gasteiger partial charge on any atom is 0.142 e. The van der Waals surface area contributed by atoms with E-state index in [-0.39, 0.29) is 0 Å². The Morgan fingerprint density at radius 2 is 1.81 bits per heavy atom. The molecule has 2 rings (SSSR count). The lowest BCUT2D eigenvalue weighted by Gasteiger charge is -2.40. The molecule has 0 saturated carbocycles. The average Bonchev–Trinajstić information content (AvgIpc) is 2.47. The third-order valence-electron chi connectivity index (χ3n) is 4.11. The number of benzene rings is 1. The van der Waals surface area contributed by atoms with E-state index in [4.69, 9.17) is 4.74 Å². The Labute approximate surface area is 129 Å². The molecule has 0 aliphatic carbocycles. The van der Waals surface area contributed by atoms with Crippen LogP contribution in [0.5, 0.6) is 5.75 Å². The van der Waals surface area contributed by atoms with Crippen LogP contribution in [0.2, 0.25) is 0 Å². The second-order valence-electron chi connectivity index (χ2n) is 6.63. The lowest BCUT2D eigenvalue weighted by molar-refractivity contribution is 0.168. The first-order valence-corrected chi connectivity index (χ1v) is 7.81. The van der Waals surface area contributed by atoms with Crippen molar-refractivity contribution in [2.24, 2.45) is 5.41 Å². The van der Waals surface area contributed by atoms with E-state index in [1.807, 2.05) is 19.2 Å². The van der Waals surface area contributed by atoms with Crippen LogP contribution in [0.4, 0.5) is 5.69 Å². The van der Waals surface area contributed by atoms with Gasteiger partial charge in [0.2, 0.25) is 0 Å². The zero-order valence-corrected chi connectivity index (χ0v) is 13.9. The van der Waals surface area contributed by atoms with Gasteiger partial charge in [0, 0.05) is 39.3 Å². The molecule has 4 heteroatoms. The van der Waals surface area contributed by atoms with Gasteiger partial charge in [0.05, 0.1) is 12.8 Å². The Balaban J connectivity index is 1.91. The lowest BCUT2D eigenvalue weighted by atomic mass is 9.92. The maximum atomic E-state index is 5.47. The summed E-state index contributed by atoms with van der Waals surface area (Å²) in [5.74, 6) is 0.974. The van der Waals surface area contributed by atoms with Crippen molar-refractivity contribution in [1.82, 2.24) is 10.2 Å². The number of para-hydroxylation sites is 2. The summed E-state index contributed by atoms with van der Waals surface area (Å²) in [4.78, 5) is 5.00. The van der Waals surface area contributed by atoms with Gasteiger partial charge in [-0.1, -0.05) is 26.0 Å². The van der Waals surface area contributed by atoms with Crippen molar-refractivity contribution in [1.29, 1.82) is 0 Å². The Kier molecular flexibility index (Phi) is 5.48. The zero-order chi connectivity index (χ0) is 15.3. The number of piperazine rings is 1. The minimum atomic E-state index is 0.321. The summed E-state index contributed by atoms with van der Waals surface area (Å²) in [6.45, 7) is 11.2. The summed E-state index contributed by atoms with van der Waals surface area (Å²) in [6, 6.07) is 8.30. The molecule has 0 spiro atoms. The maximum absolute atomic E-state index is 5.47. The second-order valence-corrected chi connectivity index (χ2v) is 6.63. The van der Waals surface area contributed by atoms with E-state index in [2.05, 4.69) is 41.1 Å². The Morgan fingerprint density at radius 1 is 1.14 bits per heavy atom. The molecule has 1 fully saturated rings. The van der Waals surface area contributed by atoms with Crippen LogP contribution in [0.3, 0.4) is 0 Å². The molecular weight excluding hydrogens is 262 g/mol.